The number of ether oxygens (including phenoxy) is 1. The van der Waals surface area contributed by atoms with E-state index in [1.54, 1.807) is 29.2 Å². The molecule has 6 nitrogen and oxygen atoms in total. The first-order chi connectivity index (χ1) is 11.9. The van der Waals surface area contributed by atoms with Crippen LogP contribution in [0.3, 0.4) is 0 Å². The molecule has 0 unspecified atom stereocenters. The van der Waals surface area contributed by atoms with E-state index in [2.05, 4.69) is 4.72 Å². The molecule has 7 heteroatoms. The highest BCUT2D eigenvalue weighted by molar-refractivity contribution is 7.89. The Kier molecular flexibility index (Phi) is 7.40. The topological polar surface area (TPSA) is 75.7 Å². The summed E-state index contributed by atoms with van der Waals surface area (Å²) in [6.07, 6.45) is 5.62. The van der Waals surface area contributed by atoms with Gasteiger partial charge in [-0.05, 0) is 56.8 Å². The fourth-order valence-electron chi connectivity index (χ4n) is 2.89. The number of benzene rings is 1. The summed E-state index contributed by atoms with van der Waals surface area (Å²) in [6, 6.07) is 6.65. The molecule has 0 aromatic heterocycles. The molecule has 1 fully saturated rings. The van der Waals surface area contributed by atoms with Crippen molar-refractivity contribution >= 4 is 15.9 Å². The van der Waals surface area contributed by atoms with E-state index in [-0.39, 0.29) is 16.9 Å². The fourth-order valence-corrected chi connectivity index (χ4v) is 3.62. The van der Waals surface area contributed by atoms with E-state index >= 15 is 0 Å². The Hall–Kier alpha value is -1.44. The minimum Gasteiger partial charge on any atom is -0.378 e. The molecule has 1 aliphatic heterocycles. The molecular weight excluding hydrogens is 340 g/mol. The molecule has 1 atom stereocenters. The van der Waals surface area contributed by atoms with Gasteiger partial charge in [0.25, 0.3) is 0 Å². The zero-order chi connectivity index (χ0) is 18.3. The Morgan fingerprint density at radius 2 is 2.00 bits per heavy atom. The van der Waals surface area contributed by atoms with Crippen LogP contribution in [0.1, 0.15) is 37.7 Å². The summed E-state index contributed by atoms with van der Waals surface area (Å²) in [6.45, 7) is 1.55. The maximum Gasteiger partial charge on any atom is 0.240 e. The van der Waals surface area contributed by atoms with Crippen LogP contribution in [0.5, 0.6) is 0 Å². The summed E-state index contributed by atoms with van der Waals surface area (Å²) >= 11 is 0. The molecule has 1 saturated heterocycles. The number of amides is 1. The molecule has 1 aliphatic rings. The van der Waals surface area contributed by atoms with Crippen molar-refractivity contribution in [3.63, 3.8) is 0 Å². The van der Waals surface area contributed by atoms with Crippen LogP contribution in [0.2, 0.25) is 0 Å². The molecule has 0 saturated carbocycles. The maximum atomic E-state index is 12.2. The molecule has 0 bridgehead atoms. The minimum atomic E-state index is -3.41. The van der Waals surface area contributed by atoms with Gasteiger partial charge in [0.05, 0.1) is 11.0 Å². The van der Waals surface area contributed by atoms with Crippen molar-refractivity contribution in [1.82, 2.24) is 9.62 Å². The second kappa shape index (κ2) is 9.31. The lowest BCUT2D eigenvalue weighted by Crippen LogP contribution is -2.31. The van der Waals surface area contributed by atoms with Gasteiger partial charge in [0, 0.05) is 26.6 Å². The monoisotopic (exact) mass is 368 g/mol. The fraction of sp³-hybridized carbons (Fsp3) is 0.611. The highest BCUT2D eigenvalue weighted by atomic mass is 32.2. The van der Waals surface area contributed by atoms with Gasteiger partial charge >= 0.3 is 0 Å². The van der Waals surface area contributed by atoms with Gasteiger partial charge in [-0.1, -0.05) is 12.1 Å². The second-order valence-electron chi connectivity index (χ2n) is 6.44. The van der Waals surface area contributed by atoms with E-state index in [9.17, 15) is 13.2 Å². The molecule has 140 valence electrons. The molecule has 1 aromatic rings. The van der Waals surface area contributed by atoms with Crippen LogP contribution in [0.25, 0.3) is 0 Å². The van der Waals surface area contributed by atoms with Crippen molar-refractivity contribution in [3.8, 4) is 0 Å². The average molecular weight is 368 g/mol. The van der Waals surface area contributed by atoms with Gasteiger partial charge < -0.3 is 9.64 Å². The van der Waals surface area contributed by atoms with Crippen LogP contribution in [0, 0.1) is 0 Å². The second-order valence-corrected chi connectivity index (χ2v) is 8.33. The Morgan fingerprint density at radius 1 is 1.28 bits per heavy atom. The number of carbonyl (C=O) groups is 1. The Bertz CT molecular complexity index is 652. The Morgan fingerprint density at radius 3 is 2.60 bits per heavy atom. The van der Waals surface area contributed by atoms with E-state index < -0.39 is 10.0 Å². The Labute approximate surface area is 150 Å². The van der Waals surface area contributed by atoms with Gasteiger partial charge in [-0.25, -0.2) is 13.1 Å². The number of aryl methyl sites for hydroxylation is 1. The largest absolute Gasteiger partial charge is 0.378 e. The molecule has 1 N–H and O–H groups in total. The molecule has 1 aromatic carbocycles. The summed E-state index contributed by atoms with van der Waals surface area (Å²) in [4.78, 5) is 14.2. The van der Waals surface area contributed by atoms with Gasteiger partial charge in [0.1, 0.15) is 0 Å². The van der Waals surface area contributed by atoms with Crippen LogP contribution in [-0.4, -0.2) is 52.6 Å². The van der Waals surface area contributed by atoms with Crippen LogP contribution in [0.4, 0.5) is 0 Å². The third-order valence-corrected chi connectivity index (χ3v) is 6.05. The van der Waals surface area contributed by atoms with E-state index in [4.69, 9.17) is 4.74 Å². The lowest BCUT2D eigenvalue weighted by Gasteiger charge is -2.25. The number of sulfonamides is 1. The summed E-state index contributed by atoms with van der Waals surface area (Å²) < 4.78 is 31.4. The van der Waals surface area contributed by atoms with E-state index in [1.807, 2.05) is 7.05 Å². The predicted molar refractivity (Wildman–Crippen MR) is 96.9 cm³/mol. The van der Waals surface area contributed by atoms with E-state index in [1.165, 1.54) is 13.5 Å². The van der Waals surface area contributed by atoms with E-state index in [0.29, 0.717) is 19.4 Å². The van der Waals surface area contributed by atoms with Crippen molar-refractivity contribution in [3.05, 3.63) is 29.8 Å². The molecule has 1 heterocycles. The zero-order valence-electron chi connectivity index (χ0n) is 15.0. The number of carbonyl (C=O) groups excluding carboxylic acids is 1. The van der Waals surface area contributed by atoms with Crippen LogP contribution >= 0.6 is 0 Å². The maximum absolute atomic E-state index is 12.2. The molecular formula is C18H28N2O4S. The van der Waals surface area contributed by atoms with Gasteiger partial charge in [0.2, 0.25) is 15.9 Å². The number of hydrogen-bond donors (Lipinski definition) is 1. The highest BCUT2D eigenvalue weighted by Gasteiger charge is 2.16. The van der Waals surface area contributed by atoms with Crippen molar-refractivity contribution in [2.75, 3.05) is 27.2 Å². The molecule has 0 spiro atoms. The summed E-state index contributed by atoms with van der Waals surface area (Å²) in [7, 11) is -0.203. The number of nitrogens with zero attached hydrogens (tertiary/aromatic N) is 1. The SMILES string of the molecule is CNS(=O)(=O)c1ccc(CCC(=O)N(C)CC[C@@H]2CCCCO2)cc1. The van der Waals surface area contributed by atoms with Gasteiger partial charge in [-0.15, -0.1) is 0 Å². The van der Waals surface area contributed by atoms with Crippen LogP contribution in [0.15, 0.2) is 29.2 Å². The summed E-state index contributed by atoms with van der Waals surface area (Å²) in [5.74, 6) is 0.0998. The normalized spacial score (nSPS) is 18.1. The molecule has 0 aliphatic carbocycles. The van der Waals surface area contributed by atoms with Crippen LogP contribution in [-0.2, 0) is 26.0 Å². The average Bonchev–Trinajstić information content (AvgIpc) is 2.65. The minimum absolute atomic E-state index is 0.0998. The van der Waals surface area contributed by atoms with Crippen molar-refractivity contribution in [2.45, 2.75) is 49.5 Å². The number of nitrogens with one attached hydrogen (secondary N) is 1. The quantitative estimate of drug-likeness (QED) is 0.761. The first-order valence-corrected chi connectivity index (χ1v) is 10.3. The zero-order valence-corrected chi connectivity index (χ0v) is 15.8. The molecule has 25 heavy (non-hydrogen) atoms. The predicted octanol–water partition coefficient (Wildman–Crippen LogP) is 1.94. The number of hydrogen-bond acceptors (Lipinski definition) is 4. The Balaban J connectivity index is 1.76. The third-order valence-electron chi connectivity index (χ3n) is 4.62. The van der Waals surface area contributed by atoms with Crippen molar-refractivity contribution < 1.29 is 17.9 Å². The van der Waals surface area contributed by atoms with E-state index in [0.717, 1.165) is 31.4 Å². The van der Waals surface area contributed by atoms with Gasteiger partial charge in [-0.2, -0.15) is 0 Å². The van der Waals surface area contributed by atoms with Crippen molar-refractivity contribution in [1.29, 1.82) is 0 Å². The third kappa shape index (κ3) is 6.09. The van der Waals surface area contributed by atoms with Gasteiger partial charge in [-0.3, -0.25) is 4.79 Å². The molecule has 1 amide bonds. The smallest absolute Gasteiger partial charge is 0.240 e. The van der Waals surface area contributed by atoms with Crippen molar-refractivity contribution in [2.24, 2.45) is 0 Å². The van der Waals surface area contributed by atoms with Crippen LogP contribution < -0.4 is 4.72 Å². The molecule has 2 rings (SSSR count). The lowest BCUT2D eigenvalue weighted by molar-refractivity contribution is -0.130. The highest BCUT2D eigenvalue weighted by Crippen LogP contribution is 2.16. The van der Waals surface area contributed by atoms with Gasteiger partial charge in [0.15, 0.2) is 0 Å². The summed E-state index contributed by atoms with van der Waals surface area (Å²) in [5.41, 5.74) is 0.951. The first-order valence-electron chi connectivity index (χ1n) is 8.80. The first kappa shape index (κ1) is 19.9. The standard InChI is InChI=1S/C18H28N2O4S/c1-19-25(22,23)17-9-6-15(7-10-17)8-11-18(21)20(2)13-12-16-5-3-4-14-24-16/h6-7,9-10,16,19H,3-5,8,11-14H2,1-2H3/t16-/m0/s1. The lowest BCUT2D eigenvalue weighted by atomic mass is 10.1. The summed E-state index contributed by atoms with van der Waals surface area (Å²) in [5, 5.41) is 0. The molecule has 0 radical (unpaired) electrons. The number of rotatable bonds is 8.